The predicted octanol–water partition coefficient (Wildman–Crippen LogP) is 0.895. The number of amides is 2. The number of nitrogens with one attached hydrogen (secondary N) is 3. The quantitative estimate of drug-likeness (QED) is 0.642. The molecule has 20 heavy (non-hydrogen) atoms. The topological polar surface area (TPSA) is 107 Å². The molecule has 1 heterocycles. The van der Waals surface area contributed by atoms with E-state index in [1.807, 2.05) is 0 Å². The smallest absolute Gasteiger partial charge is 0.315 e. The number of nitrogens with zero attached hydrogens (tertiary/aromatic N) is 1. The molecular weight excluding hydrogens is 260 g/mol. The summed E-state index contributed by atoms with van der Waals surface area (Å²) in [5, 5.41) is 14.6. The van der Waals surface area contributed by atoms with E-state index in [-0.39, 0.29) is 18.0 Å². The molecule has 0 bridgehead atoms. The number of carbonyl (C=O) groups excluding carboxylic acids is 1. The van der Waals surface area contributed by atoms with Crippen molar-refractivity contribution in [1.29, 1.82) is 0 Å². The van der Waals surface area contributed by atoms with Gasteiger partial charge in [0.25, 0.3) is 0 Å². The summed E-state index contributed by atoms with van der Waals surface area (Å²) in [7, 11) is 0. The fraction of sp³-hybridized carbons (Fsp3) is 0.615. The molecule has 2 amide bonds. The van der Waals surface area contributed by atoms with Crippen molar-refractivity contribution in [1.82, 2.24) is 20.6 Å². The molecule has 1 aliphatic carbocycles. The van der Waals surface area contributed by atoms with Gasteiger partial charge in [0.15, 0.2) is 0 Å². The van der Waals surface area contributed by atoms with Crippen LogP contribution in [0.25, 0.3) is 0 Å². The zero-order chi connectivity index (χ0) is 14.4. The third-order valence-electron chi connectivity index (χ3n) is 3.59. The summed E-state index contributed by atoms with van der Waals surface area (Å²) in [6.07, 6.45) is 6.92. The lowest BCUT2D eigenvalue weighted by molar-refractivity contribution is -0.143. The largest absolute Gasteiger partial charge is 0.481 e. The molecule has 1 aliphatic rings. The van der Waals surface area contributed by atoms with Crippen LogP contribution in [-0.2, 0) is 11.2 Å². The molecule has 1 aromatic rings. The second-order valence-corrected chi connectivity index (χ2v) is 5.13. The maximum Gasteiger partial charge on any atom is 0.315 e. The minimum Gasteiger partial charge on any atom is -0.481 e. The van der Waals surface area contributed by atoms with Crippen LogP contribution in [0, 0.1) is 5.92 Å². The van der Waals surface area contributed by atoms with Crippen LogP contribution in [0.3, 0.4) is 0 Å². The highest BCUT2D eigenvalue weighted by Gasteiger charge is 2.27. The van der Waals surface area contributed by atoms with E-state index in [2.05, 4.69) is 20.6 Å². The number of H-pyrrole nitrogens is 1. The van der Waals surface area contributed by atoms with Crippen LogP contribution < -0.4 is 10.6 Å². The van der Waals surface area contributed by atoms with E-state index in [0.29, 0.717) is 25.8 Å². The number of aliphatic carboxylic acids is 1. The van der Waals surface area contributed by atoms with E-state index in [1.165, 1.54) is 0 Å². The fourth-order valence-electron chi connectivity index (χ4n) is 2.51. The Labute approximate surface area is 117 Å². The highest BCUT2D eigenvalue weighted by Crippen LogP contribution is 2.24. The Balaban J connectivity index is 1.67. The second-order valence-electron chi connectivity index (χ2n) is 5.13. The fourth-order valence-corrected chi connectivity index (χ4v) is 2.51. The van der Waals surface area contributed by atoms with Gasteiger partial charge < -0.3 is 20.7 Å². The number of carbonyl (C=O) groups is 2. The van der Waals surface area contributed by atoms with Crippen molar-refractivity contribution in [2.45, 2.75) is 38.1 Å². The molecule has 7 heteroatoms. The SMILES string of the molecule is O=C(NCCc1cnc[nH]1)NC1CCCC(C(=O)O)C1. The number of imidazole rings is 1. The molecule has 2 unspecified atom stereocenters. The molecule has 1 aromatic heterocycles. The molecule has 110 valence electrons. The number of urea groups is 1. The number of aromatic nitrogens is 2. The zero-order valence-electron chi connectivity index (χ0n) is 11.3. The third kappa shape index (κ3) is 4.25. The van der Waals surface area contributed by atoms with Crippen LogP contribution in [0.4, 0.5) is 4.79 Å². The minimum atomic E-state index is -0.767. The first-order chi connectivity index (χ1) is 9.65. The number of rotatable bonds is 5. The van der Waals surface area contributed by atoms with E-state index in [1.54, 1.807) is 12.5 Å². The zero-order valence-corrected chi connectivity index (χ0v) is 11.3. The van der Waals surface area contributed by atoms with E-state index >= 15 is 0 Å². The molecule has 0 radical (unpaired) electrons. The highest BCUT2D eigenvalue weighted by atomic mass is 16.4. The van der Waals surface area contributed by atoms with Gasteiger partial charge in [0.05, 0.1) is 12.2 Å². The summed E-state index contributed by atoms with van der Waals surface area (Å²) in [6, 6.07) is -0.280. The summed E-state index contributed by atoms with van der Waals surface area (Å²) >= 11 is 0. The van der Waals surface area contributed by atoms with Gasteiger partial charge in [-0.15, -0.1) is 0 Å². The summed E-state index contributed by atoms with van der Waals surface area (Å²) in [4.78, 5) is 29.5. The van der Waals surface area contributed by atoms with Gasteiger partial charge in [-0.1, -0.05) is 6.42 Å². The molecule has 2 rings (SSSR count). The maximum absolute atomic E-state index is 11.7. The van der Waals surface area contributed by atoms with Crippen LogP contribution in [0.2, 0.25) is 0 Å². The Bertz CT molecular complexity index is 446. The van der Waals surface area contributed by atoms with Gasteiger partial charge in [-0.2, -0.15) is 0 Å². The molecule has 0 aromatic carbocycles. The number of hydrogen-bond acceptors (Lipinski definition) is 3. The standard InChI is InChI=1S/C13H20N4O3/c18-12(19)9-2-1-3-10(6-9)17-13(20)15-5-4-11-7-14-8-16-11/h7-10H,1-6H2,(H,14,16)(H,18,19)(H2,15,17,20). The first-order valence-corrected chi connectivity index (χ1v) is 6.89. The summed E-state index contributed by atoms with van der Waals surface area (Å²) in [6.45, 7) is 0.517. The second kappa shape index (κ2) is 6.93. The van der Waals surface area contributed by atoms with Gasteiger partial charge in [0.2, 0.25) is 0 Å². The lowest BCUT2D eigenvalue weighted by Crippen LogP contribution is -2.45. The molecule has 7 nitrogen and oxygen atoms in total. The van der Waals surface area contributed by atoms with Crippen LogP contribution in [0.5, 0.6) is 0 Å². The number of carboxylic acids is 1. The van der Waals surface area contributed by atoms with Gasteiger partial charge in [-0.3, -0.25) is 4.79 Å². The van der Waals surface area contributed by atoms with Crippen molar-refractivity contribution < 1.29 is 14.7 Å². The molecule has 1 saturated carbocycles. The lowest BCUT2D eigenvalue weighted by Gasteiger charge is -2.27. The minimum absolute atomic E-state index is 0.0444. The first-order valence-electron chi connectivity index (χ1n) is 6.89. The Morgan fingerprint density at radius 3 is 3.00 bits per heavy atom. The van der Waals surface area contributed by atoms with E-state index in [0.717, 1.165) is 18.5 Å². The van der Waals surface area contributed by atoms with Crippen LogP contribution in [0.15, 0.2) is 12.5 Å². The normalized spacial score (nSPS) is 22.2. The summed E-state index contributed by atoms with van der Waals surface area (Å²) in [5.41, 5.74) is 0.967. The van der Waals surface area contributed by atoms with Crippen LogP contribution >= 0.6 is 0 Å². The number of carboxylic acid groups (broad SMARTS) is 1. The number of hydrogen-bond donors (Lipinski definition) is 4. The molecule has 4 N–H and O–H groups in total. The molecular formula is C13H20N4O3. The van der Waals surface area contributed by atoms with Crippen molar-refractivity contribution >= 4 is 12.0 Å². The van der Waals surface area contributed by atoms with Crippen molar-refractivity contribution in [3.05, 3.63) is 18.2 Å². The lowest BCUT2D eigenvalue weighted by atomic mass is 9.86. The number of aromatic amines is 1. The summed E-state index contributed by atoms with van der Waals surface area (Å²) in [5.74, 6) is -1.10. The van der Waals surface area contributed by atoms with Crippen molar-refractivity contribution in [3.63, 3.8) is 0 Å². The van der Waals surface area contributed by atoms with Crippen molar-refractivity contribution in [2.75, 3.05) is 6.54 Å². The monoisotopic (exact) mass is 280 g/mol. The van der Waals surface area contributed by atoms with E-state index < -0.39 is 5.97 Å². The van der Waals surface area contributed by atoms with E-state index in [4.69, 9.17) is 5.11 Å². The summed E-state index contributed by atoms with van der Waals surface area (Å²) < 4.78 is 0. The Kier molecular flexibility index (Phi) is 4.97. The van der Waals surface area contributed by atoms with Gasteiger partial charge in [-0.25, -0.2) is 9.78 Å². The maximum atomic E-state index is 11.7. The average molecular weight is 280 g/mol. The molecule has 0 spiro atoms. The van der Waals surface area contributed by atoms with Crippen molar-refractivity contribution in [2.24, 2.45) is 5.92 Å². The van der Waals surface area contributed by atoms with Crippen LogP contribution in [-0.4, -0.2) is 39.7 Å². The Hall–Kier alpha value is -2.05. The van der Waals surface area contributed by atoms with Gasteiger partial charge >= 0.3 is 12.0 Å². The Morgan fingerprint density at radius 1 is 1.45 bits per heavy atom. The van der Waals surface area contributed by atoms with Gasteiger partial charge in [0.1, 0.15) is 0 Å². The first kappa shape index (κ1) is 14.4. The molecule has 0 aliphatic heterocycles. The highest BCUT2D eigenvalue weighted by molar-refractivity contribution is 5.74. The molecule has 1 fully saturated rings. The predicted molar refractivity (Wildman–Crippen MR) is 72.2 cm³/mol. The third-order valence-corrected chi connectivity index (χ3v) is 3.59. The van der Waals surface area contributed by atoms with Crippen molar-refractivity contribution in [3.8, 4) is 0 Å². The van der Waals surface area contributed by atoms with Gasteiger partial charge in [-0.05, 0) is 19.3 Å². The van der Waals surface area contributed by atoms with E-state index in [9.17, 15) is 9.59 Å². The van der Waals surface area contributed by atoms with Gasteiger partial charge in [0, 0.05) is 30.9 Å². The van der Waals surface area contributed by atoms with Crippen LogP contribution in [0.1, 0.15) is 31.4 Å². The average Bonchev–Trinajstić information content (AvgIpc) is 2.92. The Morgan fingerprint density at radius 2 is 2.30 bits per heavy atom. The molecule has 2 atom stereocenters. The molecule has 0 saturated heterocycles.